The minimum Gasteiger partial charge on any atom is -0.355 e. The molecule has 0 bridgehead atoms. The van der Waals surface area contributed by atoms with E-state index in [4.69, 9.17) is 4.52 Å². The molecule has 1 aliphatic rings. The summed E-state index contributed by atoms with van der Waals surface area (Å²) in [6, 6.07) is 9.42. The average Bonchev–Trinajstić information content (AvgIpc) is 3.17. The highest BCUT2D eigenvalue weighted by Crippen LogP contribution is 2.25. The van der Waals surface area contributed by atoms with E-state index in [2.05, 4.69) is 46.0 Å². The van der Waals surface area contributed by atoms with Gasteiger partial charge in [0, 0.05) is 49.6 Å². The molecule has 0 aliphatic carbocycles. The lowest BCUT2D eigenvalue weighted by atomic mass is 9.92. The Balaban J connectivity index is 1.37. The van der Waals surface area contributed by atoms with E-state index < -0.39 is 0 Å². The van der Waals surface area contributed by atoms with Gasteiger partial charge in [0.25, 0.3) is 5.91 Å². The molecule has 29 heavy (non-hydrogen) atoms. The molecule has 3 aromatic rings. The van der Waals surface area contributed by atoms with E-state index in [9.17, 15) is 4.79 Å². The topological polar surface area (TPSA) is 88.3 Å². The van der Waals surface area contributed by atoms with Crippen molar-refractivity contribution in [3.63, 3.8) is 0 Å². The second-order valence-corrected chi connectivity index (χ2v) is 8.32. The zero-order valence-corrected chi connectivity index (χ0v) is 17.0. The molecule has 0 N–H and O–H groups in total. The lowest BCUT2D eigenvalue weighted by molar-refractivity contribution is 0.0694. The maximum Gasteiger partial charge on any atom is 0.276 e. The van der Waals surface area contributed by atoms with Gasteiger partial charge < -0.3 is 14.3 Å². The third-order valence-corrected chi connectivity index (χ3v) is 5.15. The molecule has 0 radical (unpaired) electrons. The molecule has 0 unspecified atom stereocenters. The van der Waals surface area contributed by atoms with Crippen LogP contribution in [0, 0.1) is 0 Å². The van der Waals surface area contributed by atoms with Gasteiger partial charge in [-0.3, -0.25) is 9.78 Å². The van der Waals surface area contributed by atoms with E-state index in [0.717, 1.165) is 17.1 Å². The summed E-state index contributed by atoms with van der Waals surface area (Å²) in [4.78, 5) is 20.6. The molecule has 0 atom stereocenters. The third-order valence-electron chi connectivity index (χ3n) is 5.15. The van der Waals surface area contributed by atoms with Gasteiger partial charge in [0.2, 0.25) is 0 Å². The first-order valence-electron chi connectivity index (χ1n) is 9.56. The Hall–Kier alpha value is -3.29. The van der Waals surface area contributed by atoms with Crippen LogP contribution in [0.5, 0.6) is 0 Å². The molecule has 0 aromatic carbocycles. The molecule has 150 valence electrons. The van der Waals surface area contributed by atoms with Crippen molar-refractivity contribution < 1.29 is 9.32 Å². The van der Waals surface area contributed by atoms with Crippen LogP contribution < -0.4 is 4.90 Å². The van der Waals surface area contributed by atoms with Crippen molar-refractivity contribution in [3.8, 4) is 11.3 Å². The zero-order chi connectivity index (χ0) is 20.6. The Kier molecular flexibility index (Phi) is 4.77. The van der Waals surface area contributed by atoms with Crippen molar-refractivity contribution in [1.82, 2.24) is 25.2 Å². The largest absolute Gasteiger partial charge is 0.355 e. The van der Waals surface area contributed by atoms with Crippen LogP contribution in [0.2, 0.25) is 0 Å². The molecule has 4 rings (SSSR count). The molecule has 1 fully saturated rings. The Morgan fingerprint density at radius 2 is 2.00 bits per heavy atom. The van der Waals surface area contributed by atoms with E-state index in [1.54, 1.807) is 30.4 Å². The van der Waals surface area contributed by atoms with Crippen LogP contribution in [0.25, 0.3) is 11.3 Å². The quantitative estimate of drug-likeness (QED) is 0.674. The summed E-state index contributed by atoms with van der Waals surface area (Å²) >= 11 is 0. The number of hydrogen-bond acceptors (Lipinski definition) is 7. The number of nitrogens with zero attached hydrogens (tertiary/aromatic N) is 6. The van der Waals surface area contributed by atoms with Gasteiger partial charge in [0.05, 0.1) is 11.7 Å². The van der Waals surface area contributed by atoms with Gasteiger partial charge in [-0.15, -0.1) is 5.10 Å². The summed E-state index contributed by atoms with van der Waals surface area (Å²) in [5.74, 6) is 1.19. The maximum atomic E-state index is 12.8. The second-order valence-electron chi connectivity index (χ2n) is 8.32. The molecule has 1 amide bonds. The Bertz CT molecular complexity index is 988. The van der Waals surface area contributed by atoms with Crippen molar-refractivity contribution in [2.75, 3.05) is 25.0 Å². The van der Waals surface area contributed by atoms with Crippen LogP contribution in [0.15, 0.2) is 47.2 Å². The fraction of sp³-hybridized carbons (Fsp3) is 0.381. The summed E-state index contributed by atoms with van der Waals surface area (Å²) < 4.78 is 5.32. The number of hydrogen-bond donors (Lipinski definition) is 0. The average molecular weight is 392 g/mol. The summed E-state index contributed by atoms with van der Waals surface area (Å²) in [6.45, 7) is 7.75. The molecule has 1 saturated heterocycles. The van der Waals surface area contributed by atoms with E-state index in [1.807, 2.05) is 24.3 Å². The maximum absolute atomic E-state index is 12.8. The number of carbonyl (C=O) groups excluding carboxylic acids is 1. The van der Waals surface area contributed by atoms with Crippen molar-refractivity contribution in [1.29, 1.82) is 0 Å². The fourth-order valence-electron chi connectivity index (χ4n) is 3.15. The van der Waals surface area contributed by atoms with Gasteiger partial charge >= 0.3 is 0 Å². The third kappa shape index (κ3) is 3.83. The van der Waals surface area contributed by atoms with Crippen molar-refractivity contribution in [2.45, 2.75) is 32.2 Å². The molecule has 0 spiro atoms. The van der Waals surface area contributed by atoms with E-state index >= 15 is 0 Å². The van der Waals surface area contributed by atoms with Crippen LogP contribution in [0.3, 0.4) is 0 Å². The number of carbonyl (C=O) groups is 1. The van der Waals surface area contributed by atoms with Crippen molar-refractivity contribution >= 4 is 11.7 Å². The highest BCUT2D eigenvalue weighted by atomic mass is 16.5. The fourth-order valence-corrected chi connectivity index (χ4v) is 3.15. The summed E-state index contributed by atoms with van der Waals surface area (Å²) in [7, 11) is 1.79. The Labute approximate surface area is 169 Å². The molecule has 0 saturated carbocycles. The van der Waals surface area contributed by atoms with Crippen LogP contribution in [0.4, 0.5) is 5.82 Å². The molecule has 8 heteroatoms. The number of aromatic nitrogens is 4. The minimum atomic E-state index is -0.164. The molecular weight excluding hydrogens is 368 g/mol. The first-order chi connectivity index (χ1) is 13.8. The summed E-state index contributed by atoms with van der Waals surface area (Å²) in [5.41, 5.74) is 2.01. The number of amides is 1. The van der Waals surface area contributed by atoms with Gasteiger partial charge in [-0.2, -0.15) is 5.10 Å². The first kappa shape index (κ1) is 19.0. The SMILES string of the molecule is CN(C(=O)c1cc(-c2cccnc2)on1)C1CN(c2ccc(C(C)(C)C)nn2)C1. The Morgan fingerprint density at radius 3 is 2.62 bits per heavy atom. The van der Waals surface area contributed by atoms with Crippen molar-refractivity contribution in [3.05, 3.63) is 54.1 Å². The highest BCUT2D eigenvalue weighted by molar-refractivity contribution is 5.93. The van der Waals surface area contributed by atoms with Gasteiger partial charge in [0.15, 0.2) is 17.3 Å². The monoisotopic (exact) mass is 392 g/mol. The first-order valence-corrected chi connectivity index (χ1v) is 9.56. The molecule has 3 aromatic heterocycles. The van der Waals surface area contributed by atoms with E-state index in [1.165, 1.54) is 0 Å². The summed E-state index contributed by atoms with van der Waals surface area (Å²) in [6.07, 6.45) is 3.36. The molecular formula is C21H24N6O2. The lowest BCUT2D eigenvalue weighted by Gasteiger charge is -2.44. The van der Waals surface area contributed by atoms with Crippen LogP contribution in [-0.2, 0) is 5.41 Å². The van der Waals surface area contributed by atoms with E-state index in [0.29, 0.717) is 24.5 Å². The standard InChI is InChI=1S/C21H24N6O2/c1-21(2,3)18-7-8-19(24-23-18)27-12-15(13-27)26(4)20(28)16-10-17(29-25-16)14-6-5-9-22-11-14/h5-11,15H,12-13H2,1-4H3. The van der Waals surface area contributed by atoms with Gasteiger partial charge in [-0.1, -0.05) is 25.9 Å². The predicted molar refractivity (Wildman–Crippen MR) is 109 cm³/mol. The van der Waals surface area contributed by atoms with Gasteiger partial charge in [-0.05, 0) is 24.3 Å². The number of likely N-dealkylation sites (N-methyl/N-ethyl adjacent to an activating group) is 1. The highest BCUT2D eigenvalue weighted by Gasteiger charge is 2.35. The summed E-state index contributed by atoms with van der Waals surface area (Å²) in [5, 5.41) is 12.6. The van der Waals surface area contributed by atoms with Gasteiger partial charge in [-0.25, -0.2) is 0 Å². The number of anilines is 1. The molecule has 1 aliphatic heterocycles. The normalized spacial score (nSPS) is 14.6. The lowest BCUT2D eigenvalue weighted by Crippen LogP contribution is -2.60. The Morgan fingerprint density at radius 1 is 1.21 bits per heavy atom. The number of rotatable bonds is 4. The van der Waals surface area contributed by atoms with Crippen LogP contribution in [0.1, 0.15) is 37.0 Å². The van der Waals surface area contributed by atoms with Crippen LogP contribution in [-0.4, -0.2) is 57.3 Å². The van der Waals surface area contributed by atoms with E-state index in [-0.39, 0.29) is 17.4 Å². The number of pyridine rings is 1. The zero-order valence-electron chi connectivity index (χ0n) is 17.0. The minimum absolute atomic E-state index is 0.0259. The predicted octanol–water partition coefficient (Wildman–Crippen LogP) is 2.78. The smallest absolute Gasteiger partial charge is 0.276 e. The van der Waals surface area contributed by atoms with Crippen molar-refractivity contribution in [2.24, 2.45) is 0 Å². The van der Waals surface area contributed by atoms with Gasteiger partial charge in [0.1, 0.15) is 0 Å². The van der Waals surface area contributed by atoms with Crippen LogP contribution >= 0.6 is 0 Å². The molecule has 8 nitrogen and oxygen atoms in total. The second kappa shape index (κ2) is 7.27. The molecule has 4 heterocycles.